The maximum atomic E-state index is 2.41. The Bertz CT molecular complexity index is 3270. The van der Waals surface area contributed by atoms with Gasteiger partial charge in [0.05, 0.1) is 0 Å². The predicted molar refractivity (Wildman–Crippen MR) is 270 cm³/mol. The van der Waals surface area contributed by atoms with Gasteiger partial charge in [0.2, 0.25) is 0 Å². The zero-order valence-electron chi connectivity index (χ0n) is 35.0. The molecule has 0 fully saturated rings. The summed E-state index contributed by atoms with van der Waals surface area (Å²) in [6.45, 7) is 0. The summed E-state index contributed by atoms with van der Waals surface area (Å²) >= 11 is 0. The smallest absolute Gasteiger partial charge is 0.0468 e. The van der Waals surface area contributed by atoms with E-state index in [-0.39, 0.29) is 0 Å². The largest absolute Gasteiger partial charge is 0.310 e. The third kappa shape index (κ3) is 7.56. The zero-order valence-corrected chi connectivity index (χ0v) is 35.0. The Morgan fingerprint density at radius 3 is 1.24 bits per heavy atom. The molecule has 10 aromatic rings. The summed E-state index contributed by atoms with van der Waals surface area (Å²) in [5.74, 6) is 0. The molecule has 0 N–H and O–H groups in total. The molecule has 63 heavy (non-hydrogen) atoms. The Kier molecular flexibility index (Phi) is 10.1. The van der Waals surface area contributed by atoms with E-state index in [1.807, 2.05) is 0 Å². The number of fused-ring (bicyclic) bond motifs is 3. The van der Waals surface area contributed by atoms with Gasteiger partial charge in [0, 0.05) is 17.1 Å². The van der Waals surface area contributed by atoms with Crippen LogP contribution in [0.3, 0.4) is 0 Å². The van der Waals surface area contributed by atoms with E-state index >= 15 is 0 Å². The van der Waals surface area contributed by atoms with Crippen molar-refractivity contribution in [3.8, 4) is 44.5 Å². The minimum atomic E-state index is 1.02. The van der Waals surface area contributed by atoms with Crippen molar-refractivity contribution in [2.24, 2.45) is 0 Å². The third-order valence-electron chi connectivity index (χ3n) is 12.6. The second-order valence-corrected chi connectivity index (χ2v) is 16.4. The molecule has 0 radical (unpaired) electrons. The van der Waals surface area contributed by atoms with Gasteiger partial charge in [0.1, 0.15) is 0 Å². The van der Waals surface area contributed by atoms with Gasteiger partial charge in [-0.25, -0.2) is 0 Å². The van der Waals surface area contributed by atoms with Crippen LogP contribution in [0.5, 0.6) is 0 Å². The number of anilines is 3. The van der Waals surface area contributed by atoms with Crippen LogP contribution in [0.25, 0.3) is 77.2 Å². The number of hydrogen-bond donors (Lipinski definition) is 0. The van der Waals surface area contributed by atoms with E-state index in [0.29, 0.717) is 0 Å². The van der Waals surface area contributed by atoms with Crippen molar-refractivity contribution < 1.29 is 0 Å². The van der Waals surface area contributed by atoms with Gasteiger partial charge in [-0.05, 0) is 144 Å². The van der Waals surface area contributed by atoms with Gasteiger partial charge in [-0.3, -0.25) is 0 Å². The first-order valence-corrected chi connectivity index (χ1v) is 22.0. The molecule has 0 atom stereocenters. The first-order valence-electron chi connectivity index (χ1n) is 22.0. The molecule has 0 spiro atoms. The van der Waals surface area contributed by atoms with Crippen LogP contribution in [0, 0.1) is 0 Å². The van der Waals surface area contributed by atoms with E-state index in [0.717, 1.165) is 29.9 Å². The molecule has 1 nitrogen and oxygen atoms in total. The highest BCUT2D eigenvalue weighted by Crippen LogP contribution is 2.44. The molecule has 0 amide bonds. The summed E-state index contributed by atoms with van der Waals surface area (Å²) in [7, 11) is 0. The Morgan fingerprint density at radius 1 is 0.254 bits per heavy atom. The van der Waals surface area contributed by atoms with E-state index in [2.05, 4.69) is 254 Å². The fourth-order valence-corrected chi connectivity index (χ4v) is 9.37. The van der Waals surface area contributed by atoms with Crippen molar-refractivity contribution in [3.05, 3.63) is 260 Å². The normalized spacial score (nSPS) is 12.5. The van der Waals surface area contributed by atoms with Crippen molar-refractivity contribution in [2.75, 3.05) is 4.90 Å². The number of hydrogen-bond acceptors (Lipinski definition) is 1. The molecule has 0 heterocycles. The second-order valence-electron chi connectivity index (χ2n) is 16.4. The summed E-state index contributed by atoms with van der Waals surface area (Å²) in [6, 6.07) is 86.3. The highest BCUT2D eigenvalue weighted by molar-refractivity contribution is 6.15. The summed E-state index contributed by atoms with van der Waals surface area (Å²) in [5, 5.41) is 5.04. The van der Waals surface area contributed by atoms with E-state index in [1.54, 1.807) is 0 Å². The Morgan fingerprint density at radius 2 is 0.667 bits per heavy atom. The quantitative estimate of drug-likeness (QED) is 0.131. The van der Waals surface area contributed by atoms with Gasteiger partial charge < -0.3 is 4.90 Å². The standard InChI is InChI=1S/C62H45N/c1-4-14-44(15-5-1)46-24-28-48(29-25-46)50-32-36-54(37-33-50)63(55-38-34-51(35-39-55)49-30-26-47(27-31-49)45-16-6-2-7-17-45)56-40-41-60(61(43-56)52-18-8-3-9-19-52)62-42-53-20-10-11-21-57(53)58-22-12-13-23-59(58)62/h1-26,28-30,32-43H,27,31H2. The van der Waals surface area contributed by atoms with Crippen molar-refractivity contribution in [1.29, 1.82) is 0 Å². The van der Waals surface area contributed by atoms with E-state index in [9.17, 15) is 0 Å². The van der Waals surface area contributed by atoms with E-state index in [4.69, 9.17) is 0 Å². The molecule has 10 aromatic carbocycles. The lowest BCUT2D eigenvalue weighted by Gasteiger charge is -2.27. The molecule has 11 rings (SSSR count). The predicted octanol–water partition coefficient (Wildman–Crippen LogP) is 17.4. The number of rotatable bonds is 9. The van der Waals surface area contributed by atoms with Gasteiger partial charge in [-0.15, -0.1) is 0 Å². The second kappa shape index (κ2) is 16.8. The van der Waals surface area contributed by atoms with Crippen molar-refractivity contribution in [3.63, 3.8) is 0 Å². The van der Waals surface area contributed by atoms with E-state index in [1.165, 1.54) is 88.3 Å². The molecule has 0 aromatic heterocycles. The highest BCUT2D eigenvalue weighted by Gasteiger charge is 2.19. The molecular formula is C62H45N. The Labute approximate surface area is 370 Å². The first kappa shape index (κ1) is 38.0. The average Bonchev–Trinajstić information content (AvgIpc) is 3.37. The van der Waals surface area contributed by atoms with Crippen LogP contribution in [0.1, 0.15) is 24.0 Å². The van der Waals surface area contributed by atoms with E-state index < -0.39 is 0 Å². The lowest BCUT2D eigenvalue weighted by molar-refractivity contribution is 1.07. The molecule has 1 heteroatoms. The maximum absolute atomic E-state index is 2.41. The van der Waals surface area contributed by atoms with Gasteiger partial charge in [-0.2, -0.15) is 0 Å². The summed E-state index contributed by atoms with van der Waals surface area (Å²) in [5.41, 5.74) is 18.3. The zero-order chi connectivity index (χ0) is 42.0. The minimum Gasteiger partial charge on any atom is -0.310 e. The Hall–Kier alpha value is -8.00. The van der Waals surface area contributed by atoms with Crippen LogP contribution in [-0.2, 0) is 0 Å². The molecule has 0 saturated carbocycles. The maximum Gasteiger partial charge on any atom is 0.0468 e. The molecule has 0 aliphatic heterocycles. The Balaban J connectivity index is 1.02. The monoisotopic (exact) mass is 803 g/mol. The summed E-state index contributed by atoms with van der Waals surface area (Å²) in [4.78, 5) is 2.41. The highest BCUT2D eigenvalue weighted by atomic mass is 15.1. The lowest BCUT2D eigenvalue weighted by Crippen LogP contribution is -2.10. The third-order valence-corrected chi connectivity index (χ3v) is 12.6. The minimum absolute atomic E-state index is 1.02. The van der Waals surface area contributed by atoms with Crippen LogP contribution >= 0.6 is 0 Å². The van der Waals surface area contributed by atoms with Crippen LogP contribution < -0.4 is 4.90 Å². The van der Waals surface area contributed by atoms with Crippen molar-refractivity contribution in [1.82, 2.24) is 0 Å². The van der Waals surface area contributed by atoms with Gasteiger partial charge >= 0.3 is 0 Å². The SMILES string of the molecule is C1=C(c2ccccc2)CCC(c2ccc(N(c3ccc(-c4ccc(-c5ccccc5)cc4)cc3)c3ccc(-c4cc5ccccc5c5ccccc45)c(-c4ccccc4)c3)cc2)=C1. The fourth-order valence-electron chi connectivity index (χ4n) is 9.37. The number of nitrogens with zero attached hydrogens (tertiary/aromatic N) is 1. The summed E-state index contributed by atoms with van der Waals surface area (Å²) < 4.78 is 0. The molecular weight excluding hydrogens is 759 g/mol. The van der Waals surface area contributed by atoms with Crippen LogP contribution in [-0.4, -0.2) is 0 Å². The van der Waals surface area contributed by atoms with Gasteiger partial charge in [0.15, 0.2) is 0 Å². The van der Waals surface area contributed by atoms with Crippen LogP contribution in [0.15, 0.2) is 249 Å². The average molecular weight is 804 g/mol. The lowest BCUT2D eigenvalue weighted by atomic mass is 9.88. The topological polar surface area (TPSA) is 3.24 Å². The van der Waals surface area contributed by atoms with Crippen molar-refractivity contribution >= 4 is 49.8 Å². The molecule has 298 valence electrons. The van der Waals surface area contributed by atoms with Crippen molar-refractivity contribution in [2.45, 2.75) is 12.8 Å². The number of benzene rings is 10. The van der Waals surface area contributed by atoms with Crippen LogP contribution in [0.2, 0.25) is 0 Å². The molecule has 1 aliphatic rings. The van der Waals surface area contributed by atoms with Crippen LogP contribution in [0.4, 0.5) is 17.1 Å². The first-order chi connectivity index (χ1) is 31.2. The molecule has 1 aliphatic carbocycles. The van der Waals surface area contributed by atoms with Gasteiger partial charge in [-0.1, -0.05) is 206 Å². The molecule has 0 saturated heterocycles. The summed E-state index contributed by atoms with van der Waals surface area (Å²) in [6.07, 6.45) is 6.66. The fraction of sp³-hybridized carbons (Fsp3) is 0.0323. The number of allylic oxidation sites excluding steroid dienone is 4. The molecule has 0 bridgehead atoms. The molecule has 0 unspecified atom stereocenters. The van der Waals surface area contributed by atoms with Gasteiger partial charge in [0.25, 0.3) is 0 Å².